The third kappa shape index (κ3) is 4.71. The van der Waals surface area contributed by atoms with Crippen molar-refractivity contribution in [2.75, 3.05) is 26.2 Å². The van der Waals surface area contributed by atoms with Crippen LogP contribution in [0.4, 0.5) is 4.79 Å². The number of urea groups is 1. The van der Waals surface area contributed by atoms with E-state index in [0.29, 0.717) is 32.6 Å². The molecule has 0 saturated carbocycles. The Morgan fingerprint density at radius 1 is 1.24 bits per heavy atom. The van der Waals surface area contributed by atoms with E-state index in [2.05, 4.69) is 21.2 Å². The molecule has 0 atom stereocenters. The van der Waals surface area contributed by atoms with E-state index < -0.39 is 0 Å². The minimum absolute atomic E-state index is 0.0423. The van der Waals surface area contributed by atoms with Crippen LogP contribution in [-0.2, 0) is 11.2 Å². The van der Waals surface area contributed by atoms with Crippen LogP contribution in [-0.4, -0.2) is 54.0 Å². The zero-order valence-corrected chi connectivity index (χ0v) is 14.7. The van der Waals surface area contributed by atoms with Crippen molar-refractivity contribution in [1.82, 2.24) is 15.1 Å². The number of amides is 3. The molecular weight excluding hydrogens is 354 g/mol. The molecule has 3 amide bonds. The molecule has 2 heterocycles. The van der Waals surface area contributed by atoms with Crippen LogP contribution in [0, 0.1) is 0 Å². The number of nitrogens with one attached hydrogen (secondary N) is 1. The van der Waals surface area contributed by atoms with Crippen molar-refractivity contribution in [1.29, 1.82) is 0 Å². The maximum absolute atomic E-state index is 12.2. The molecule has 1 aliphatic heterocycles. The summed E-state index contributed by atoms with van der Waals surface area (Å²) in [6.07, 6.45) is 0.439. The maximum Gasteiger partial charge on any atom is 0.317 e. The minimum atomic E-state index is -0.0423. The molecule has 1 aliphatic rings. The number of halogens is 1. The molecule has 0 bridgehead atoms. The molecule has 21 heavy (non-hydrogen) atoms. The average molecular weight is 374 g/mol. The third-order valence-electron chi connectivity index (χ3n) is 3.29. The minimum Gasteiger partial charge on any atom is -0.339 e. The lowest BCUT2D eigenvalue weighted by Crippen LogP contribution is -2.54. The zero-order chi connectivity index (χ0) is 15.4. The van der Waals surface area contributed by atoms with Crippen LogP contribution in [0.1, 0.15) is 18.7 Å². The van der Waals surface area contributed by atoms with Gasteiger partial charge in [0.25, 0.3) is 0 Å². The normalized spacial score (nSPS) is 15.4. The fraction of sp³-hybridized carbons (Fsp3) is 0.571. The second kappa shape index (κ2) is 7.26. The molecule has 1 fully saturated rings. The van der Waals surface area contributed by atoms with E-state index in [9.17, 15) is 9.59 Å². The molecule has 116 valence electrons. The van der Waals surface area contributed by atoms with Gasteiger partial charge in [-0.2, -0.15) is 0 Å². The van der Waals surface area contributed by atoms with Gasteiger partial charge in [-0.1, -0.05) is 0 Å². The van der Waals surface area contributed by atoms with E-state index in [-0.39, 0.29) is 18.0 Å². The van der Waals surface area contributed by atoms with Gasteiger partial charge in [0.05, 0.1) is 10.2 Å². The summed E-state index contributed by atoms with van der Waals surface area (Å²) in [7, 11) is 0. The molecule has 1 aromatic heterocycles. The Hall–Kier alpha value is -1.08. The van der Waals surface area contributed by atoms with Crippen LogP contribution in [0.2, 0.25) is 0 Å². The Bertz CT molecular complexity index is 510. The number of hydrogen-bond acceptors (Lipinski definition) is 3. The number of carbonyl (C=O) groups excluding carboxylic acids is 2. The number of nitrogens with zero attached hydrogens (tertiary/aromatic N) is 2. The van der Waals surface area contributed by atoms with Gasteiger partial charge < -0.3 is 15.1 Å². The molecule has 7 heteroatoms. The van der Waals surface area contributed by atoms with Gasteiger partial charge in [-0.3, -0.25) is 4.79 Å². The molecule has 1 aromatic rings. The van der Waals surface area contributed by atoms with Crippen molar-refractivity contribution in [3.05, 3.63) is 20.8 Å². The second-order valence-electron chi connectivity index (χ2n) is 5.35. The topological polar surface area (TPSA) is 52.7 Å². The number of piperazine rings is 1. The highest BCUT2D eigenvalue weighted by molar-refractivity contribution is 9.11. The highest BCUT2D eigenvalue weighted by Crippen LogP contribution is 2.23. The van der Waals surface area contributed by atoms with Crippen molar-refractivity contribution in [2.24, 2.45) is 0 Å². The first-order chi connectivity index (χ1) is 9.95. The van der Waals surface area contributed by atoms with E-state index in [4.69, 9.17) is 0 Å². The quantitative estimate of drug-likeness (QED) is 0.883. The maximum atomic E-state index is 12.2. The van der Waals surface area contributed by atoms with Gasteiger partial charge in [0, 0.05) is 37.1 Å². The van der Waals surface area contributed by atoms with Crippen LogP contribution in [0.25, 0.3) is 0 Å². The van der Waals surface area contributed by atoms with Gasteiger partial charge in [-0.15, -0.1) is 11.3 Å². The fourth-order valence-corrected chi connectivity index (χ4v) is 3.68. The highest BCUT2D eigenvalue weighted by atomic mass is 79.9. The monoisotopic (exact) mass is 373 g/mol. The van der Waals surface area contributed by atoms with Gasteiger partial charge in [-0.25, -0.2) is 4.79 Å². The standard InChI is InChI=1S/C14H20BrN3O2S/c1-10(2)16-14(20)18-7-5-17(6-8-18)13(19)9-11-3-4-12(15)21-11/h3-4,10H,5-9H2,1-2H3,(H,16,20). The molecule has 0 radical (unpaired) electrons. The van der Waals surface area contributed by atoms with Gasteiger partial charge >= 0.3 is 6.03 Å². The molecular formula is C14H20BrN3O2S. The van der Waals surface area contributed by atoms with E-state index in [1.807, 2.05) is 30.9 Å². The van der Waals surface area contributed by atoms with E-state index >= 15 is 0 Å². The molecule has 0 spiro atoms. The molecule has 5 nitrogen and oxygen atoms in total. The predicted octanol–water partition coefficient (Wildman–Crippen LogP) is 2.32. The summed E-state index contributed by atoms with van der Waals surface area (Å²) in [5, 5.41) is 2.88. The lowest BCUT2D eigenvalue weighted by Gasteiger charge is -2.35. The first-order valence-corrected chi connectivity index (χ1v) is 8.64. The van der Waals surface area contributed by atoms with Crippen molar-refractivity contribution in [3.63, 3.8) is 0 Å². The van der Waals surface area contributed by atoms with Crippen LogP contribution >= 0.6 is 27.3 Å². The van der Waals surface area contributed by atoms with Crippen molar-refractivity contribution >= 4 is 39.2 Å². The average Bonchev–Trinajstić information content (AvgIpc) is 2.83. The number of hydrogen-bond donors (Lipinski definition) is 1. The van der Waals surface area contributed by atoms with Crippen molar-refractivity contribution < 1.29 is 9.59 Å². The largest absolute Gasteiger partial charge is 0.339 e. The summed E-state index contributed by atoms with van der Waals surface area (Å²) in [5.41, 5.74) is 0. The Labute approximate surface area is 137 Å². The van der Waals surface area contributed by atoms with Gasteiger partial charge in [0.1, 0.15) is 0 Å². The Morgan fingerprint density at radius 3 is 2.38 bits per heavy atom. The van der Waals surface area contributed by atoms with Gasteiger partial charge in [0.2, 0.25) is 5.91 Å². The predicted molar refractivity (Wildman–Crippen MR) is 87.5 cm³/mol. The molecule has 1 saturated heterocycles. The fourth-order valence-electron chi connectivity index (χ4n) is 2.20. The Balaban J connectivity index is 1.80. The Morgan fingerprint density at radius 2 is 1.86 bits per heavy atom. The highest BCUT2D eigenvalue weighted by Gasteiger charge is 2.24. The van der Waals surface area contributed by atoms with Crippen LogP contribution < -0.4 is 5.32 Å². The first kappa shape index (κ1) is 16.3. The number of carbonyl (C=O) groups is 2. The SMILES string of the molecule is CC(C)NC(=O)N1CCN(C(=O)Cc2ccc(Br)s2)CC1. The van der Waals surface area contributed by atoms with E-state index in [0.717, 1.165) is 8.66 Å². The summed E-state index contributed by atoms with van der Waals surface area (Å²) < 4.78 is 1.04. The lowest BCUT2D eigenvalue weighted by molar-refractivity contribution is -0.131. The van der Waals surface area contributed by atoms with Crippen molar-refractivity contribution in [2.45, 2.75) is 26.3 Å². The smallest absolute Gasteiger partial charge is 0.317 e. The van der Waals surface area contributed by atoms with Gasteiger partial charge in [-0.05, 0) is 41.9 Å². The molecule has 2 rings (SSSR count). The molecule has 1 N–H and O–H groups in total. The van der Waals surface area contributed by atoms with E-state index in [1.165, 1.54) is 0 Å². The molecule has 0 aliphatic carbocycles. The first-order valence-electron chi connectivity index (χ1n) is 7.03. The molecule has 0 unspecified atom stereocenters. The number of rotatable bonds is 3. The zero-order valence-electron chi connectivity index (χ0n) is 12.3. The van der Waals surface area contributed by atoms with Crippen LogP contribution in [0.5, 0.6) is 0 Å². The van der Waals surface area contributed by atoms with Crippen LogP contribution in [0.15, 0.2) is 15.9 Å². The van der Waals surface area contributed by atoms with E-state index in [1.54, 1.807) is 16.2 Å². The summed E-state index contributed by atoms with van der Waals surface area (Å²) >= 11 is 4.99. The summed E-state index contributed by atoms with van der Waals surface area (Å²) in [5.74, 6) is 0.133. The van der Waals surface area contributed by atoms with Gasteiger partial charge in [0.15, 0.2) is 0 Å². The lowest BCUT2D eigenvalue weighted by atomic mass is 10.2. The summed E-state index contributed by atoms with van der Waals surface area (Å²) in [6.45, 7) is 6.29. The van der Waals surface area contributed by atoms with Crippen LogP contribution in [0.3, 0.4) is 0 Å². The number of thiophene rings is 1. The third-order valence-corrected chi connectivity index (χ3v) is 4.91. The summed E-state index contributed by atoms with van der Waals surface area (Å²) in [4.78, 5) is 28.8. The summed E-state index contributed by atoms with van der Waals surface area (Å²) in [6, 6.07) is 4.02. The second-order valence-corrected chi connectivity index (χ2v) is 7.90. The Kier molecular flexibility index (Phi) is 5.64. The van der Waals surface area contributed by atoms with Crippen molar-refractivity contribution in [3.8, 4) is 0 Å². The molecule has 0 aromatic carbocycles.